The molecule has 1 unspecified atom stereocenters. The fourth-order valence-corrected chi connectivity index (χ4v) is 3.30. The summed E-state index contributed by atoms with van der Waals surface area (Å²) in [5, 5.41) is 12.0. The largest absolute Gasteiger partial charge is 0.409 e. The van der Waals surface area contributed by atoms with Gasteiger partial charge < -0.3 is 15.8 Å². The first kappa shape index (κ1) is 13.9. The van der Waals surface area contributed by atoms with E-state index in [1.54, 1.807) is 0 Å². The first-order chi connectivity index (χ1) is 10.0. The average molecular weight is 287 g/mol. The molecule has 0 aromatic heterocycles. The number of piperidine rings is 1. The molecule has 5 nitrogen and oxygen atoms in total. The Kier molecular flexibility index (Phi) is 3.35. The maximum atomic E-state index is 12.6. The lowest BCUT2D eigenvalue weighted by atomic mass is 9.75. The van der Waals surface area contributed by atoms with Gasteiger partial charge in [-0.15, -0.1) is 0 Å². The molecule has 1 aliphatic heterocycles. The molecule has 1 heterocycles. The molecule has 3 N–H and O–H groups in total. The number of nitrogens with two attached hydrogens (primary N) is 1. The van der Waals surface area contributed by atoms with Crippen LogP contribution in [0, 0.1) is 5.41 Å². The van der Waals surface area contributed by atoms with Crippen LogP contribution in [-0.4, -0.2) is 34.9 Å². The molecular formula is C16H21N3O2. The van der Waals surface area contributed by atoms with Crippen LogP contribution < -0.4 is 5.73 Å². The lowest BCUT2D eigenvalue weighted by Crippen LogP contribution is -2.49. The number of hydrogen-bond donors (Lipinski definition) is 2. The Bertz CT molecular complexity index is 589. The van der Waals surface area contributed by atoms with E-state index in [1.807, 2.05) is 30.0 Å². The monoisotopic (exact) mass is 287 g/mol. The Balaban J connectivity index is 1.65. The number of carbonyl (C=O) groups excluding carboxylic acids is 1. The fraction of sp³-hybridized carbons (Fsp3) is 0.500. The van der Waals surface area contributed by atoms with Crippen LogP contribution in [0.2, 0.25) is 0 Å². The highest BCUT2D eigenvalue weighted by Crippen LogP contribution is 2.38. The van der Waals surface area contributed by atoms with E-state index in [2.05, 4.69) is 11.2 Å². The summed E-state index contributed by atoms with van der Waals surface area (Å²) >= 11 is 0. The summed E-state index contributed by atoms with van der Waals surface area (Å²) in [6, 6.07) is 8.14. The minimum Gasteiger partial charge on any atom is -0.409 e. The number of amides is 1. The summed E-state index contributed by atoms with van der Waals surface area (Å²) in [5.41, 5.74) is 7.92. The molecule has 1 aromatic rings. The van der Waals surface area contributed by atoms with Gasteiger partial charge in [0.2, 0.25) is 5.91 Å². The van der Waals surface area contributed by atoms with Gasteiger partial charge in [-0.05, 0) is 30.4 Å². The lowest BCUT2D eigenvalue weighted by Gasteiger charge is -2.41. The molecule has 5 heteroatoms. The summed E-state index contributed by atoms with van der Waals surface area (Å²) in [4.78, 5) is 14.5. The van der Waals surface area contributed by atoms with Crippen LogP contribution in [-0.2, 0) is 11.2 Å². The zero-order chi connectivity index (χ0) is 15.0. The molecule has 1 amide bonds. The van der Waals surface area contributed by atoms with Crippen LogP contribution in [0.5, 0.6) is 0 Å². The normalized spacial score (nSPS) is 24.1. The van der Waals surface area contributed by atoms with Crippen molar-refractivity contribution in [2.75, 3.05) is 13.1 Å². The number of oxime groups is 1. The van der Waals surface area contributed by atoms with Crippen LogP contribution in [0.15, 0.2) is 29.4 Å². The van der Waals surface area contributed by atoms with Gasteiger partial charge >= 0.3 is 0 Å². The van der Waals surface area contributed by atoms with Crippen molar-refractivity contribution in [1.82, 2.24) is 4.90 Å². The molecule has 1 atom stereocenters. The molecule has 0 spiro atoms. The molecule has 3 rings (SSSR count). The van der Waals surface area contributed by atoms with Crippen molar-refractivity contribution in [2.45, 2.75) is 32.1 Å². The van der Waals surface area contributed by atoms with Gasteiger partial charge in [-0.1, -0.05) is 36.3 Å². The summed E-state index contributed by atoms with van der Waals surface area (Å²) in [6.07, 6.45) is 2.33. The number of hydrogen-bond acceptors (Lipinski definition) is 3. The maximum absolute atomic E-state index is 12.6. The van der Waals surface area contributed by atoms with E-state index in [9.17, 15) is 4.79 Å². The molecule has 1 aliphatic carbocycles. The van der Waals surface area contributed by atoms with Gasteiger partial charge in [0.25, 0.3) is 0 Å². The van der Waals surface area contributed by atoms with Gasteiger partial charge in [0, 0.05) is 18.5 Å². The third-order valence-corrected chi connectivity index (χ3v) is 5.06. The highest BCUT2D eigenvalue weighted by atomic mass is 16.4. The molecule has 0 radical (unpaired) electrons. The van der Waals surface area contributed by atoms with E-state index in [0.29, 0.717) is 13.1 Å². The molecule has 1 aromatic carbocycles. The van der Waals surface area contributed by atoms with Gasteiger partial charge in [0.15, 0.2) is 0 Å². The molecule has 112 valence electrons. The van der Waals surface area contributed by atoms with E-state index < -0.39 is 0 Å². The van der Waals surface area contributed by atoms with Crippen LogP contribution >= 0.6 is 0 Å². The zero-order valence-corrected chi connectivity index (χ0v) is 12.2. The van der Waals surface area contributed by atoms with E-state index in [-0.39, 0.29) is 23.1 Å². The van der Waals surface area contributed by atoms with Gasteiger partial charge in [0.05, 0.1) is 5.92 Å². The second-order valence-electron chi connectivity index (χ2n) is 6.33. The lowest BCUT2D eigenvalue weighted by molar-refractivity contribution is -0.135. The third-order valence-electron chi connectivity index (χ3n) is 5.06. The second kappa shape index (κ2) is 5.06. The van der Waals surface area contributed by atoms with Crippen molar-refractivity contribution in [3.8, 4) is 0 Å². The van der Waals surface area contributed by atoms with Crippen LogP contribution in [0.4, 0.5) is 0 Å². The average Bonchev–Trinajstić information content (AvgIpc) is 2.48. The first-order valence-electron chi connectivity index (χ1n) is 7.40. The summed E-state index contributed by atoms with van der Waals surface area (Å²) < 4.78 is 0. The predicted molar refractivity (Wildman–Crippen MR) is 80.2 cm³/mol. The van der Waals surface area contributed by atoms with Crippen molar-refractivity contribution >= 4 is 11.7 Å². The Labute approximate surface area is 124 Å². The van der Waals surface area contributed by atoms with Crippen LogP contribution in [0.1, 0.15) is 36.8 Å². The molecule has 2 aliphatic rings. The Hall–Kier alpha value is -2.04. The highest BCUT2D eigenvalue weighted by Gasteiger charge is 2.39. The Morgan fingerprint density at radius 1 is 1.38 bits per heavy atom. The Morgan fingerprint density at radius 2 is 2.05 bits per heavy atom. The van der Waals surface area contributed by atoms with Crippen molar-refractivity contribution in [3.63, 3.8) is 0 Å². The van der Waals surface area contributed by atoms with Crippen molar-refractivity contribution in [2.24, 2.45) is 16.3 Å². The van der Waals surface area contributed by atoms with Crippen molar-refractivity contribution in [3.05, 3.63) is 35.4 Å². The zero-order valence-electron chi connectivity index (χ0n) is 12.2. The SMILES string of the molecule is CC1(/C(N)=N/O)CCN(C(=O)C2Cc3ccccc32)CC1. The van der Waals surface area contributed by atoms with Crippen molar-refractivity contribution in [1.29, 1.82) is 0 Å². The van der Waals surface area contributed by atoms with Gasteiger partial charge in [-0.2, -0.15) is 0 Å². The first-order valence-corrected chi connectivity index (χ1v) is 7.40. The molecule has 0 saturated carbocycles. The number of likely N-dealkylation sites (tertiary alicyclic amines) is 1. The van der Waals surface area contributed by atoms with Crippen molar-refractivity contribution < 1.29 is 10.0 Å². The minimum atomic E-state index is -0.303. The maximum Gasteiger partial charge on any atom is 0.230 e. The smallest absolute Gasteiger partial charge is 0.230 e. The summed E-state index contributed by atoms with van der Waals surface area (Å²) in [5.74, 6) is 0.508. The van der Waals surface area contributed by atoms with Crippen LogP contribution in [0.25, 0.3) is 0 Å². The van der Waals surface area contributed by atoms with E-state index in [1.165, 1.54) is 11.1 Å². The molecule has 0 bridgehead atoms. The molecule has 1 saturated heterocycles. The van der Waals surface area contributed by atoms with Crippen LogP contribution in [0.3, 0.4) is 0 Å². The predicted octanol–water partition coefficient (Wildman–Crippen LogP) is 1.70. The van der Waals surface area contributed by atoms with E-state index in [0.717, 1.165) is 19.3 Å². The quantitative estimate of drug-likeness (QED) is 0.376. The standard InChI is InChI=1S/C16H21N3O2/c1-16(15(17)18-21)6-8-19(9-7-16)14(20)13-10-11-4-2-3-5-12(11)13/h2-5,13,21H,6-10H2,1H3,(H2,17,18). The third kappa shape index (κ3) is 2.26. The molecule has 1 fully saturated rings. The van der Waals surface area contributed by atoms with Gasteiger partial charge in [-0.3, -0.25) is 4.79 Å². The van der Waals surface area contributed by atoms with Gasteiger partial charge in [0.1, 0.15) is 5.84 Å². The van der Waals surface area contributed by atoms with E-state index >= 15 is 0 Å². The summed E-state index contributed by atoms with van der Waals surface area (Å²) in [6.45, 7) is 3.33. The minimum absolute atomic E-state index is 0.0226. The highest BCUT2D eigenvalue weighted by molar-refractivity contribution is 5.88. The second-order valence-corrected chi connectivity index (χ2v) is 6.33. The topological polar surface area (TPSA) is 78.9 Å². The molecular weight excluding hydrogens is 266 g/mol. The molecule has 21 heavy (non-hydrogen) atoms. The van der Waals surface area contributed by atoms with Gasteiger partial charge in [-0.25, -0.2) is 0 Å². The Morgan fingerprint density at radius 3 is 2.67 bits per heavy atom. The number of amidine groups is 1. The number of fused-ring (bicyclic) bond motifs is 1. The number of carbonyl (C=O) groups is 1. The number of nitrogens with zero attached hydrogens (tertiary/aromatic N) is 2. The number of rotatable bonds is 2. The fourth-order valence-electron chi connectivity index (χ4n) is 3.30. The summed E-state index contributed by atoms with van der Waals surface area (Å²) in [7, 11) is 0. The number of benzene rings is 1. The van der Waals surface area contributed by atoms with E-state index in [4.69, 9.17) is 10.9 Å².